The molecule has 1 aliphatic heterocycles. The Morgan fingerprint density at radius 1 is 1.24 bits per heavy atom. The van der Waals surface area contributed by atoms with Gasteiger partial charge in [0, 0.05) is 49.9 Å². The highest BCUT2D eigenvalue weighted by molar-refractivity contribution is 5.98. The van der Waals surface area contributed by atoms with Crippen molar-refractivity contribution in [2.24, 2.45) is 0 Å². The van der Waals surface area contributed by atoms with E-state index in [1.54, 1.807) is 19.2 Å². The van der Waals surface area contributed by atoms with Crippen molar-refractivity contribution in [2.75, 3.05) is 51.1 Å². The van der Waals surface area contributed by atoms with Crippen LogP contribution in [0.15, 0.2) is 42.7 Å². The molecule has 0 fully saturated rings. The number of benzene rings is 2. The first-order valence-corrected chi connectivity index (χ1v) is 13.8. The number of rotatable bonds is 11. The summed E-state index contributed by atoms with van der Waals surface area (Å²) >= 11 is 0. The van der Waals surface area contributed by atoms with Crippen LogP contribution in [0, 0.1) is 17.0 Å². The topological polar surface area (TPSA) is 122 Å². The number of nitro benzene ring substituents is 1. The van der Waals surface area contributed by atoms with Crippen LogP contribution in [-0.2, 0) is 13.0 Å². The summed E-state index contributed by atoms with van der Waals surface area (Å²) in [7, 11) is 5.80. The lowest BCUT2D eigenvalue weighted by atomic mass is 10.0. The van der Waals surface area contributed by atoms with Gasteiger partial charge in [-0.25, -0.2) is 9.97 Å². The van der Waals surface area contributed by atoms with Crippen molar-refractivity contribution in [3.8, 4) is 17.0 Å². The highest BCUT2D eigenvalue weighted by atomic mass is 16.6. The lowest BCUT2D eigenvalue weighted by Crippen LogP contribution is -2.29. The van der Waals surface area contributed by atoms with E-state index in [2.05, 4.69) is 39.3 Å². The number of aryl methyl sites for hydroxylation is 3. The molecule has 0 saturated heterocycles. The average Bonchev–Trinajstić information content (AvgIpc) is 3.32. The molecule has 0 bridgehead atoms. The number of aliphatic hydroxyl groups excluding tert-OH is 1. The second kappa shape index (κ2) is 11.7. The minimum atomic E-state index is -0.659. The summed E-state index contributed by atoms with van der Waals surface area (Å²) in [5.41, 5.74) is 5.94. The first-order valence-electron chi connectivity index (χ1n) is 13.8. The number of nitro groups is 1. The number of hydrogen-bond acceptors (Lipinski definition) is 9. The molecule has 4 aromatic rings. The smallest absolute Gasteiger partial charge is 0.294 e. The maximum absolute atomic E-state index is 12.0. The van der Waals surface area contributed by atoms with Crippen molar-refractivity contribution >= 4 is 33.9 Å². The van der Waals surface area contributed by atoms with Crippen LogP contribution < -0.4 is 15.0 Å². The SMILES string of the molecule is Cc1cc(N(C)CCN(C)C)c([N+](=O)[O-])cc1Nc1ncc(OCC(C)O)c(-c2cn3c4c(cccc24)CCC3)n1. The Morgan fingerprint density at radius 3 is 2.78 bits per heavy atom. The summed E-state index contributed by atoms with van der Waals surface area (Å²) in [5, 5.41) is 26.2. The summed E-state index contributed by atoms with van der Waals surface area (Å²) < 4.78 is 8.20. The number of nitrogens with one attached hydrogen (secondary N) is 1. The van der Waals surface area contributed by atoms with E-state index in [9.17, 15) is 15.2 Å². The Kier molecular flexibility index (Phi) is 8.09. The molecular weight excluding hydrogens is 522 g/mol. The number of aromatic nitrogens is 3. The Balaban J connectivity index is 1.54. The molecular formula is C30H37N7O4. The molecule has 0 saturated carbocycles. The molecule has 1 aliphatic rings. The van der Waals surface area contributed by atoms with Crippen molar-refractivity contribution in [1.82, 2.24) is 19.4 Å². The van der Waals surface area contributed by atoms with E-state index in [-0.39, 0.29) is 17.2 Å². The molecule has 11 heteroatoms. The van der Waals surface area contributed by atoms with Gasteiger partial charge in [0.1, 0.15) is 18.0 Å². The van der Waals surface area contributed by atoms with E-state index in [0.717, 1.165) is 42.4 Å². The molecule has 41 heavy (non-hydrogen) atoms. The van der Waals surface area contributed by atoms with Gasteiger partial charge in [0.05, 0.1) is 28.4 Å². The van der Waals surface area contributed by atoms with E-state index < -0.39 is 6.10 Å². The van der Waals surface area contributed by atoms with Crippen LogP contribution in [0.25, 0.3) is 22.2 Å². The second-order valence-corrected chi connectivity index (χ2v) is 11.0. The Hall–Kier alpha value is -4.22. The highest BCUT2D eigenvalue weighted by Crippen LogP contribution is 2.39. The van der Waals surface area contributed by atoms with Crippen LogP contribution >= 0.6 is 0 Å². The van der Waals surface area contributed by atoms with Crippen molar-refractivity contribution < 1.29 is 14.8 Å². The van der Waals surface area contributed by atoms with E-state index in [1.165, 1.54) is 11.1 Å². The van der Waals surface area contributed by atoms with Crippen molar-refractivity contribution in [3.05, 3.63) is 64.0 Å². The number of nitrogens with zero attached hydrogens (tertiary/aromatic N) is 6. The molecule has 1 atom stereocenters. The van der Waals surface area contributed by atoms with Gasteiger partial charge in [0.15, 0.2) is 5.75 Å². The lowest BCUT2D eigenvalue weighted by molar-refractivity contribution is -0.384. The maximum Gasteiger partial charge on any atom is 0.294 e. The van der Waals surface area contributed by atoms with Crippen molar-refractivity contribution in [1.29, 1.82) is 0 Å². The predicted octanol–water partition coefficient (Wildman–Crippen LogP) is 4.76. The molecule has 3 heterocycles. The van der Waals surface area contributed by atoms with Gasteiger partial charge in [0.2, 0.25) is 5.95 Å². The van der Waals surface area contributed by atoms with Gasteiger partial charge in [-0.15, -0.1) is 0 Å². The van der Waals surface area contributed by atoms with Crippen molar-refractivity contribution in [2.45, 2.75) is 39.3 Å². The number of hydrogen-bond donors (Lipinski definition) is 2. The fourth-order valence-electron chi connectivity index (χ4n) is 5.24. The molecule has 1 unspecified atom stereocenters. The van der Waals surface area contributed by atoms with Gasteiger partial charge in [-0.05, 0) is 58.0 Å². The minimum Gasteiger partial charge on any atom is -0.487 e. The fraction of sp³-hybridized carbons (Fsp3) is 0.400. The van der Waals surface area contributed by atoms with Crippen LogP contribution in [0.2, 0.25) is 0 Å². The van der Waals surface area contributed by atoms with Gasteiger partial charge >= 0.3 is 0 Å². The first kappa shape index (κ1) is 28.3. The molecule has 0 spiro atoms. The van der Waals surface area contributed by atoms with E-state index in [0.29, 0.717) is 35.3 Å². The molecule has 0 amide bonds. The zero-order valence-corrected chi connectivity index (χ0v) is 24.2. The number of ether oxygens (including phenoxy) is 1. The summed E-state index contributed by atoms with van der Waals surface area (Å²) in [5.74, 6) is 0.753. The lowest BCUT2D eigenvalue weighted by Gasteiger charge is -2.22. The van der Waals surface area contributed by atoms with Crippen LogP contribution in [0.3, 0.4) is 0 Å². The van der Waals surface area contributed by atoms with E-state index in [4.69, 9.17) is 9.72 Å². The van der Waals surface area contributed by atoms with Gasteiger partial charge in [0.25, 0.3) is 5.69 Å². The van der Waals surface area contributed by atoms with E-state index >= 15 is 0 Å². The first-order chi connectivity index (χ1) is 19.6. The molecule has 0 aliphatic carbocycles. The Labute approximate surface area is 239 Å². The normalized spacial score (nSPS) is 13.4. The van der Waals surface area contributed by atoms with Crippen LogP contribution in [0.1, 0.15) is 24.5 Å². The molecule has 2 aromatic carbocycles. The second-order valence-electron chi connectivity index (χ2n) is 11.0. The Bertz CT molecular complexity index is 1580. The van der Waals surface area contributed by atoms with Gasteiger partial charge in [-0.2, -0.15) is 0 Å². The molecule has 0 radical (unpaired) electrons. The fourth-order valence-corrected chi connectivity index (χ4v) is 5.24. The monoisotopic (exact) mass is 559 g/mol. The standard InChI is InChI=1S/C30H37N7O4/c1-19-14-25(35(5)13-12-34(3)4)26(37(39)40)15-24(19)32-30-31-16-27(41-18-20(2)38)28(33-30)23-17-36-11-7-9-21-8-6-10-22(23)29(21)36/h6,8,10,14-17,20,38H,7,9,11-13,18H2,1-5H3,(H,31,32,33). The Morgan fingerprint density at radius 2 is 2.05 bits per heavy atom. The molecule has 2 aromatic heterocycles. The number of para-hydroxylation sites is 1. The number of likely N-dealkylation sites (N-methyl/N-ethyl adjacent to an activating group) is 2. The zero-order valence-electron chi connectivity index (χ0n) is 24.2. The third-order valence-electron chi connectivity index (χ3n) is 7.38. The maximum atomic E-state index is 12.0. The summed E-state index contributed by atoms with van der Waals surface area (Å²) in [6.07, 6.45) is 5.13. The summed E-state index contributed by atoms with van der Waals surface area (Å²) in [6.45, 7) is 6.00. The number of anilines is 3. The molecule has 11 nitrogen and oxygen atoms in total. The quantitative estimate of drug-likeness (QED) is 0.198. The molecule has 5 rings (SSSR count). The van der Waals surface area contributed by atoms with Crippen molar-refractivity contribution in [3.63, 3.8) is 0 Å². The van der Waals surface area contributed by atoms with Crippen LogP contribution in [-0.4, -0.2) is 76.4 Å². The summed E-state index contributed by atoms with van der Waals surface area (Å²) in [6, 6.07) is 9.67. The third-order valence-corrected chi connectivity index (χ3v) is 7.38. The zero-order chi connectivity index (χ0) is 29.3. The number of aliphatic hydroxyl groups is 1. The average molecular weight is 560 g/mol. The van der Waals surface area contributed by atoms with Crippen LogP contribution in [0.4, 0.5) is 23.0 Å². The summed E-state index contributed by atoms with van der Waals surface area (Å²) in [4.78, 5) is 25.0. The third kappa shape index (κ3) is 5.96. The molecule has 2 N–H and O–H groups in total. The molecule has 216 valence electrons. The van der Waals surface area contributed by atoms with Gasteiger partial charge < -0.3 is 29.5 Å². The van der Waals surface area contributed by atoms with Crippen LogP contribution in [0.5, 0.6) is 5.75 Å². The minimum absolute atomic E-state index is 0.00505. The van der Waals surface area contributed by atoms with Gasteiger partial charge in [-0.1, -0.05) is 18.2 Å². The largest absolute Gasteiger partial charge is 0.487 e. The van der Waals surface area contributed by atoms with Gasteiger partial charge in [-0.3, -0.25) is 10.1 Å². The predicted molar refractivity (Wildman–Crippen MR) is 161 cm³/mol. The highest BCUT2D eigenvalue weighted by Gasteiger charge is 2.23. The van der Waals surface area contributed by atoms with E-state index in [1.807, 2.05) is 43.9 Å².